The van der Waals surface area contributed by atoms with Crippen LogP contribution in [0, 0.1) is 11.3 Å². The Balaban J connectivity index is 1.70. The minimum Gasteiger partial charge on any atom is -0.380 e. The predicted molar refractivity (Wildman–Crippen MR) is 91.5 cm³/mol. The van der Waals surface area contributed by atoms with E-state index in [1.807, 2.05) is 12.5 Å². The van der Waals surface area contributed by atoms with Crippen LogP contribution < -0.4 is 5.32 Å². The molecule has 1 aromatic rings. The molecule has 6 nitrogen and oxygen atoms in total. The molecule has 0 spiro atoms. The van der Waals surface area contributed by atoms with Crippen molar-refractivity contribution >= 4 is 5.96 Å². The van der Waals surface area contributed by atoms with Crippen LogP contribution in [0.1, 0.15) is 33.2 Å². The van der Waals surface area contributed by atoms with Crippen LogP contribution in [0.25, 0.3) is 0 Å². The number of guanidine groups is 1. The van der Waals surface area contributed by atoms with Crippen molar-refractivity contribution in [3.05, 3.63) is 18.7 Å². The van der Waals surface area contributed by atoms with E-state index >= 15 is 0 Å². The normalized spacial score (nSPS) is 27.6. The summed E-state index contributed by atoms with van der Waals surface area (Å²) in [6, 6.07) is 0.456. The van der Waals surface area contributed by atoms with Crippen LogP contribution in [-0.4, -0.2) is 59.8 Å². The van der Waals surface area contributed by atoms with Crippen molar-refractivity contribution in [3.63, 3.8) is 0 Å². The summed E-state index contributed by atoms with van der Waals surface area (Å²) in [6.07, 6.45) is 7.04. The molecule has 2 aliphatic heterocycles. The third-order valence-electron chi connectivity index (χ3n) is 4.97. The van der Waals surface area contributed by atoms with Gasteiger partial charge in [-0.15, -0.1) is 0 Å². The molecule has 3 rings (SSSR count). The number of aliphatic imine (C=N–C) groups is 1. The third-order valence-corrected chi connectivity index (χ3v) is 4.97. The molecule has 2 saturated heterocycles. The summed E-state index contributed by atoms with van der Waals surface area (Å²) in [5, 5.41) is 3.46. The number of ether oxygens (including phenoxy) is 1. The first kappa shape index (κ1) is 16.3. The molecule has 23 heavy (non-hydrogen) atoms. The molecule has 0 aromatic carbocycles. The van der Waals surface area contributed by atoms with Gasteiger partial charge in [-0.2, -0.15) is 0 Å². The van der Waals surface area contributed by atoms with Gasteiger partial charge in [0.1, 0.15) is 0 Å². The topological polar surface area (TPSA) is 54.7 Å². The lowest BCUT2D eigenvalue weighted by atomic mass is 9.89. The van der Waals surface area contributed by atoms with Gasteiger partial charge >= 0.3 is 0 Å². The van der Waals surface area contributed by atoms with E-state index in [1.165, 1.54) is 6.42 Å². The smallest absolute Gasteiger partial charge is 0.194 e. The maximum atomic E-state index is 5.34. The lowest BCUT2D eigenvalue weighted by molar-refractivity contribution is -0.0946. The Kier molecular flexibility index (Phi) is 4.90. The summed E-state index contributed by atoms with van der Waals surface area (Å²) in [5.41, 5.74) is 0.216. The van der Waals surface area contributed by atoms with E-state index in [0.29, 0.717) is 12.0 Å². The molecule has 3 heterocycles. The quantitative estimate of drug-likeness (QED) is 0.679. The zero-order valence-corrected chi connectivity index (χ0v) is 14.5. The fraction of sp³-hybridized carbons (Fsp3) is 0.765. The average molecular weight is 319 g/mol. The third kappa shape index (κ3) is 3.68. The molecule has 128 valence electrons. The van der Waals surface area contributed by atoms with Gasteiger partial charge in [0.05, 0.1) is 32.1 Å². The number of piperidine rings is 1. The largest absolute Gasteiger partial charge is 0.380 e. The highest BCUT2D eigenvalue weighted by atomic mass is 16.5. The van der Waals surface area contributed by atoms with Crippen LogP contribution in [-0.2, 0) is 4.74 Å². The van der Waals surface area contributed by atoms with E-state index in [0.717, 1.165) is 45.4 Å². The van der Waals surface area contributed by atoms with Crippen molar-refractivity contribution in [3.8, 4) is 0 Å². The van der Waals surface area contributed by atoms with Crippen molar-refractivity contribution in [1.82, 2.24) is 19.8 Å². The maximum absolute atomic E-state index is 5.34. The molecule has 0 aliphatic carbocycles. The predicted octanol–water partition coefficient (Wildman–Crippen LogP) is 1.77. The molecule has 6 heteroatoms. The molecular formula is C17H29N5O. The molecular weight excluding hydrogens is 290 g/mol. The highest BCUT2D eigenvalue weighted by molar-refractivity contribution is 5.80. The molecule has 1 aromatic heterocycles. The minimum absolute atomic E-state index is 0.216. The van der Waals surface area contributed by atoms with Gasteiger partial charge in [-0.1, -0.05) is 13.8 Å². The Morgan fingerprint density at radius 2 is 2.30 bits per heavy atom. The molecule has 0 radical (unpaired) electrons. The Hall–Kier alpha value is -1.56. The molecule has 0 saturated carbocycles. The van der Waals surface area contributed by atoms with Crippen LogP contribution in [0.5, 0.6) is 0 Å². The lowest BCUT2D eigenvalue weighted by Gasteiger charge is -2.40. The zero-order chi connectivity index (χ0) is 16.3. The molecule has 2 unspecified atom stereocenters. The van der Waals surface area contributed by atoms with Crippen LogP contribution >= 0.6 is 0 Å². The first-order valence-corrected chi connectivity index (χ1v) is 8.70. The average Bonchev–Trinajstić information content (AvgIpc) is 3.04. The van der Waals surface area contributed by atoms with Gasteiger partial charge in [0.2, 0.25) is 0 Å². The van der Waals surface area contributed by atoms with E-state index in [-0.39, 0.29) is 5.41 Å². The van der Waals surface area contributed by atoms with Crippen LogP contribution in [0.15, 0.2) is 23.7 Å². The van der Waals surface area contributed by atoms with E-state index in [1.54, 1.807) is 0 Å². The van der Waals surface area contributed by atoms with Crippen LogP contribution in [0.4, 0.5) is 0 Å². The Labute approximate surface area is 138 Å². The summed E-state index contributed by atoms with van der Waals surface area (Å²) in [6.45, 7) is 12.1. The van der Waals surface area contributed by atoms with Crippen molar-refractivity contribution in [2.24, 2.45) is 16.3 Å². The van der Waals surface area contributed by atoms with Crippen molar-refractivity contribution in [2.45, 2.75) is 33.2 Å². The molecule has 2 fully saturated rings. The van der Waals surface area contributed by atoms with Gasteiger partial charge < -0.3 is 19.5 Å². The number of likely N-dealkylation sites (tertiary alicyclic amines) is 1. The highest BCUT2D eigenvalue weighted by Gasteiger charge is 2.34. The van der Waals surface area contributed by atoms with E-state index in [9.17, 15) is 0 Å². The molecule has 2 aliphatic rings. The Bertz CT molecular complexity index is 523. The van der Waals surface area contributed by atoms with Gasteiger partial charge in [-0.25, -0.2) is 4.98 Å². The minimum atomic E-state index is 0.216. The van der Waals surface area contributed by atoms with E-state index in [2.05, 4.69) is 46.7 Å². The number of aromatic nitrogens is 2. The Morgan fingerprint density at radius 1 is 1.48 bits per heavy atom. The van der Waals surface area contributed by atoms with Gasteiger partial charge in [0, 0.05) is 37.4 Å². The SMILES string of the molecule is CCNC(=NCC1(C)COC1)N1CCC(C)C(n2ccnc2)C1. The number of rotatable bonds is 4. The number of hydrogen-bond donors (Lipinski definition) is 1. The van der Waals surface area contributed by atoms with Gasteiger partial charge in [0.25, 0.3) is 0 Å². The number of imidazole rings is 1. The van der Waals surface area contributed by atoms with Crippen LogP contribution in [0.3, 0.4) is 0 Å². The zero-order valence-electron chi connectivity index (χ0n) is 14.5. The van der Waals surface area contributed by atoms with Gasteiger partial charge in [-0.3, -0.25) is 4.99 Å². The highest BCUT2D eigenvalue weighted by Crippen LogP contribution is 2.29. The van der Waals surface area contributed by atoms with Gasteiger partial charge in [0.15, 0.2) is 5.96 Å². The van der Waals surface area contributed by atoms with Crippen molar-refractivity contribution < 1.29 is 4.74 Å². The standard InChI is InChI=1S/C17H29N5O/c1-4-19-16(20-10-17(3)11-23-12-17)21-7-5-14(2)15(9-21)22-8-6-18-13-22/h6,8,13-15H,4-5,7,9-12H2,1-3H3,(H,19,20). The van der Waals surface area contributed by atoms with E-state index < -0.39 is 0 Å². The monoisotopic (exact) mass is 319 g/mol. The van der Waals surface area contributed by atoms with Crippen molar-refractivity contribution in [2.75, 3.05) is 39.4 Å². The molecule has 1 N–H and O–H groups in total. The van der Waals surface area contributed by atoms with Crippen molar-refractivity contribution in [1.29, 1.82) is 0 Å². The maximum Gasteiger partial charge on any atom is 0.194 e. The summed E-state index contributed by atoms with van der Waals surface area (Å²) >= 11 is 0. The summed E-state index contributed by atoms with van der Waals surface area (Å²) in [7, 11) is 0. The van der Waals surface area contributed by atoms with Gasteiger partial charge in [-0.05, 0) is 19.3 Å². The first-order chi connectivity index (χ1) is 11.1. The van der Waals surface area contributed by atoms with E-state index in [4.69, 9.17) is 9.73 Å². The fourth-order valence-electron chi connectivity index (χ4n) is 3.33. The molecule has 2 atom stereocenters. The molecule has 0 amide bonds. The summed E-state index contributed by atoms with van der Waals surface area (Å²) < 4.78 is 7.58. The fourth-order valence-corrected chi connectivity index (χ4v) is 3.33. The second-order valence-electron chi connectivity index (χ2n) is 7.26. The summed E-state index contributed by atoms with van der Waals surface area (Å²) in [5.74, 6) is 1.69. The lowest BCUT2D eigenvalue weighted by Crippen LogP contribution is -2.50. The first-order valence-electron chi connectivity index (χ1n) is 8.70. The number of nitrogens with zero attached hydrogens (tertiary/aromatic N) is 4. The number of hydrogen-bond acceptors (Lipinski definition) is 3. The second kappa shape index (κ2) is 6.91. The second-order valence-corrected chi connectivity index (χ2v) is 7.26. The summed E-state index contributed by atoms with van der Waals surface area (Å²) in [4.78, 5) is 11.5. The Morgan fingerprint density at radius 3 is 2.91 bits per heavy atom. The number of nitrogens with one attached hydrogen (secondary N) is 1. The van der Waals surface area contributed by atoms with Crippen LogP contribution in [0.2, 0.25) is 0 Å². The molecule has 0 bridgehead atoms.